The number of hydrogen-bond acceptors (Lipinski definition) is 4. The number of nitrogens with zero attached hydrogens (tertiary/aromatic N) is 2. The third-order valence-corrected chi connectivity index (χ3v) is 4.23. The number of carbonyl (C=O) groups is 3. The SMILES string of the molecule is CCN1CC(=O)N(CC(=O)c2ccc(SC)cc2)CC1=O. The smallest absolute Gasteiger partial charge is 0.243 e. The van der Waals surface area contributed by atoms with Crippen LogP contribution in [0.2, 0.25) is 0 Å². The summed E-state index contributed by atoms with van der Waals surface area (Å²) >= 11 is 1.60. The Morgan fingerprint density at radius 3 is 2.24 bits per heavy atom. The molecule has 1 fully saturated rings. The number of rotatable bonds is 5. The Labute approximate surface area is 128 Å². The maximum Gasteiger partial charge on any atom is 0.243 e. The zero-order valence-corrected chi connectivity index (χ0v) is 13.0. The van der Waals surface area contributed by atoms with Crippen LogP contribution >= 0.6 is 11.8 Å². The second-order valence-electron chi connectivity index (χ2n) is 4.81. The predicted octanol–water partition coefficient (Wildman–Crippen LogP) is 1.28. The first-order valence-electron chi connectivity index (χ1n) is 6.78. The summed E-state index contributed by atoms with van der Waals surface area (Å²) in [5, 5.41) is 0. The molecule has 5 nitrogen and oxygen atoms in total. The van der Waals surface area contributed by atoms with Gasteiger partial charge < -0.3 is 9.80 Å². The number of ketones is 1. The molecule has 0 unspecified atom stereocenters. The van der Waals surface area contributed by atoms with E-state index >= 15 is 0 Å². The number of amides is 2. The third-order valence-electron chi connectivity index (χ3n) is 3.49. The molecular weight excluding hydrogens is 288 g/mol. The van der Waals surface area contributed by atoms with Crippen molar-refractivity contribution in [1.29, 1.82) is 0 Å². The largest absolute Gasteiger partial charge is 0.332 e. The Morgan fingerprint density at radius 2 is 1.67 bits per heavy atom. The second-order valence-corrected chi connectivity index (χ2v) is 5.69. The van der Waals surface area contributed by atoms with Gasteiger partial charge in [0.05, 0.1) is 13.1 Å². The van der Waals surface area contributed by atoms with Gasteiger partial charge in [-0.05, 0) is 25.3 Å². The zero-order valence-electron chi connectivity index (χ0n) is 12.2. The highest BCUT2D eigenvalue weighted by atomic mass is 32.2. The van der Waals surface area contributed by atoms with Gasteiger partial charge in [0, 0.05) is 17.0 Å². The summed E-state index contributed by atoms with van der Waals surface area (Å²) in [6, 6.07) is 7.26. The average molecular weight is 306 g/mol. The fraction of sp³-hybridized carbons (Fsp3) is 0.400. The standard InChI is InChI=1S/C15H18N2O3S/c1-3-16-9-15(20)17(10-14(16)19)8-13(18)11-4-6-12(21-2)7-5-11/h4-7H,3,8-10H2,1-2H3. The predicted molar refractivity (Wildman–Crippen MR) is 81.4 cm³/mol. The molecule has 21 heavy (non-hydrogen) atoms. The van der Waals surface area contributed by atoms with Gasteiger partial charge in [-0.2, -0.15) is 0 Å². The van der Waals surface area contributed by atoms with E-state index in [0.29, 0.717) is 12.1 Å². The molecular formula is C15H18N2O3S. The van der Waals surface area contributed by atoms with Crippen molar-refractivity contribution in [2.75, 3.05) is 32.4 Å². The van der Waals surface area contributed by atoms with Gasteiger partial charge in [-0.25, -0.2) is 0 Å². The van der Waals surface area contributed by atoms with Crippen LogP contribution in [-0.4, -0.2) is 59.8 Å². The molecule has 0 spiro atoms. The van der Waals surface area contributed by atoms with Gasteiger partial charge in [-0.1, -0.05) is 12.1 Å². The molecule has 1 aromatic carbocycles. The molecule has 6 heteroatoms. The van der Waals surface area contributed by atoms with Crippen molar-refractivity contribution in [3.63, 3.8) is 0 Å². The molecule has 0 atom stereocenters. The van der Waals surface area contributed by atoms with E-state index in [1.54, 1.807) is 23.9 Å². The van der Waals surface area contributed by atoms with Gasteiger partial charge in [0.15, 0.2) is 5.78 Å². The average Bonchev–Trinajstić information content (AvgIpc) is 2.50. The normalized spacial score (nSPS) is 15.5. The molecule has 1 heterocycles. The first-order valence-corrected chi connectivity index (χ1v) is 8.00. The van der Waals surface area contributed by atoms with Crippen molar-refractivity contribution in [3.8, 4) is 0 Å². The number of likely N-dealkylation sites (N-methyl/N-ethyl adjacent to an activating group) is 1. The minimum Gasteiger partial charge on any atom is -0.332 e. The summed E-state index contributed by atoms with van der Waals surface area (Å²) in [4.78, 5) is 39.9. The summed E-state index contributed by atoms with van der Waals surface area (Å²) in [6.07, 6.45) is 1.97. The van der Waals surface area contributed by atoms with Gasteiger partial charge in [0.2, 0.25) is 11.8 Å². The molecule has 1 aliphatic rings. The highest BCUT2D eigenvalue weighted by molar-refractivity contribution is 7.98. The van der Waals surface area contributed by atoms with Crippen molar-refractivity contribution < 1.29 is 14.4 Å². The Balaban J connectivity index is 2.02. The van der Waals surface area contributed by atoms with Crippen molar-refractivity contribution in [1.82, 2.24) is 9.80 Å². The number of piperazine rings is 1. The fourth-order valence-corrected chi connectivity index (χ4v) is 2.58. The highest BCUT2D eigenvalue weighted by Gasteiger charge is 2.30. The van der Waals surface area contributed by atoms with Crippen LogP contribution in [0, 0.1) is 0 Å². The number of hydrogen-bond donors (Lipinski definition) is 0. The first-order chi connectivity index (χ1) is 10.0. The number of carbonyl (C=O) groups excluding carboxylic acids is 3. The molecule has 1 aromatic rings. The number of thioether (sulfide) groups is 1. The lowest BCUT2D eigenvalue weighted by Crippen LogP contribution is -2.54. The highest BCUT2D eigenvalue weighted by Crippen LogP contribution is 2.15. The van der Waals surface area contributed by atoms with E-state index in [2.05, 4.69) is 0 Å². The van der Waals surface area contributed by atoms with Gasteiger partial charge >= 0.3 is 0 Å². The van der Waals surface area contributed by atoms with Crippen molar-refractivity contribution in [2.45, 2.75) is 11.8 Å². The maximum atomic E-state index is 12.2. The maximum absolute atomic E-state index is 12.2. The van der Waals surface area contributed by atoms with E-state index in [9.17, 15) is 14.4 Å². The van der Waals surface area contributed by atoms with Gasteiger partial charge in [0.1, 0.15) is 6.54 Å². The monoisotopic (exact) mass is 306 g/mol. The first kappa shape index (κ1) is 15.6. The Hall–Kier alpha value is -1.82. The molecule has 0 radical (unpaired) electrons. The summed E-state index contributed by atoms with van der Waals surface area (Å²) in [5.74, 6) is -0.429. The third kappa shape index (κ3) is 3.64. The van der Waals surface area contributed by atoms with Gasteiger partial charge in [-0.3, -0.25) is 14.4 Å². The Morgan fingerprint density at radius 1 is 1.10 bits per heavy atom. The fourth-order valence-electron chi connectivity index (χ4n) is 2.18. The summed E-state index contributed by atoms with van der Waals surface area (Å²) in [5.41, 5.74) is 0.561. The summed E-state index contributed by atoms with van der Waals surface area (Å²) < 4.78 is 0. The van der Waals surface area contributed by atoms with Crippen molar-refractivity contribution in [2.24, 2.45) is 0 Å². The molecule has 2 rings (SSSR count). The van der Waals surface area contributed by atoms with Gasteiger partial charge in [0.25, 0.3) is 0 Å². The minimum atomic E-state index is -0.175. The van der Waals surface area contributed by atoms with Crippen LogP contribution < -0.4 is 0 Å². The summed E-state index contributed by atoms with van der Waals surface area (Å²) in [6.45, 7) is 2.36. The second kappa shape index (κ2) is 6.76. The van der Waals surface area contributed by atoms with Crippen LogP contribution in [0.5, 0.6) is 0 Å². The molecule has 0 aromatic heterocycles. The number of benzene rings is 1. The molecule has 0 bridgehead atoms. The Bertz CT molecular complexity index is 557. The van der Waals surface area contributed by atoms with Crippen LogP contribution in [0.3, 0.4) is 0 Å². The van der Waals surface area contributed by atoms with E-state index in [1.807, 2.05) is 25.3 Å². The van der Waals surface area contributed by atoms with Crippen LogP contribution in [0.15, 0.2) is 29.2 Å². The van der Waals surface area contributed by atoms with Crippen LogP contribution in [0.1, 0.15) is 17.3 Å². The lowest BCUT2D eigenvalue weighted by atomic mass is 10.1. The Kier molecular flexibility index (Phi) is 5.01. The van der Waals surface area contributed by atoms with Crippen LogP contribution in [-0.2, 0) is 9.59 Å². The van der Waals surface area contributed by atoms with Crippen molar-refractivity contribution >= 4 is 29.4 Å². The topological polar surface area (TPSA) is 57.7 Å². The van der Waals surface area contributed by atoms with E-state index in [0.717, 1.165) is 4.90 Å². The van der Waals surface area contributed by atoms with Crippen molar-refractivity contribution in [3.05, 3.63) is 29.8 Å². The molecule has 1 saturated heterocycles. The van der Waals surface area contributed by atoms with E-state index in [1.165, 1.54) is 9.80 Å². The lowest BCUT2D eigenvalue weighted by Gasteiger charge is -2.32. The molecule has 1 aliphatic heterocycles. The van der Waals surface area contributed by atoms with E-state index in [-0.39, 0.29) is 37.2 Å². The number of Topliss-reactive ketones (excluding diaryl/α,β-unsaturated/α-hetero) is 1. The summed E-state index contributed by atoms with van der Waals surface area (Å²) in [7, 11) is 0. The zero-order chi connectivity index (χ0) is 15.4. The molecule has 112 valence electrons. The van der Waals surface area contributed by atoms with E-state index in [4.69, 9.17) is 0 Å². The lowest BCUT2D eigenvalue weighted by molar-refractivity contribution is -0.149. The molecule has 0 N–H and O–H groups in total. The molecule has 0 saturated carbocycles. The van der Waals surface area contributed by atoms with Crippen LogP contribution in [0.4, 0.5) is 0 Å². The molecule has 0 aliphatic carbocycles. The van der Waals surface area contributed by atoms with Gasteiger partial charge in [-0.15, -0.1) is 11.8 Å². The minimum absolute atomic E-state index is 0.0126. The van der Waals surface area contributed by atoms with E-state index < -0.39 is 0 Å². The molecule has 2 amide bonds. The quantitative estimate of drug-likeness (QED) is 0.607. The van der Waals surface area contributed by atoms with Crippen LogP contribution in [0.25, 0.3) is 0 Å².